The number of carbonyl (C=O) groups excluding carboxylic acids is 2. The summed E-state index contributed by atoms with van der Waals surface area (Å²) >= 11 is 2.50. The van der Waals surface area contributed by atoms with Crippen molar-refractivity contribution >= 4 is 51.8 Å². The van der Waals surface area contributed by atoms with E-state index in [9.17, 15) is 9.59 Å². The average molecular weight is 396 g/mol. The second kappa shape index (κ2) is 9.65. The smallest absolute Gasteiger partial charge is 0.250 e. The number of hydrogen-bond donors (Lipinski definition) is 2. The lowest BCUT2D eigenvalue weighted by Gasteiger charge is -2.02. The molecule has 0 saturated heterocycles. The predicted octanol–water partition coefficient (Wildman–Crippen LogP) is 3.92. The molecule has 2 N–H and O–H groups in total. The second-order valence-corrected chi connectivity index (χ2v) is 7.51. The van der Waals surface area contributed by atoms with Crippen LogP contribution in [0.4, 0.5) is 10.8 Å². The van der Waals surface area contributed by atoms with Crippen molar-refractivity contribution in [1.82, 2.24) is 10.2 Å². The van der Waals surface area contributed by atoms with E-state index in [1.807, 2.05) is 60.7 Å². The van der Waals surface area contributed by atoms with Crippen molar-refractivity contribution in [1.29, 1.82) is 0 Å². The van der Waals surface area contributed by atoms with Gasteiger partial charge in [0.15, 0.2) is 4.34 Å². The normalized spacial score (nSPS) is 10.7. The van der Waals surface area contributed by atoms with Crippen LogP contribution in [0.2, 0.25) is 0 Å². The Morgan fingerprint density at radius 2 is 1.67 bits per heavy atom. The van der Waals surface area contributed by atoms with Crippen molar-refractivity contribution in [2.45, 2.75) is 4.34 Å². The number of aromatic nitrogens is 2. The fourth-order valence-corrected chi connectivity index (χ4v) is 3.60. The summed E-state index contributed by atoms with van der Waals surface area (Å²) in [6.07, 6.45) is 3.16. The van der Waals surface area contributed by atoms with Crippen LogP contribution < -0.4 is 10.6 Å². The number of hydrogen-bond acceptors (Lipinski definition) is 6. The first kappa shape index (κ1) is 18.8. The molecule has 1 heterocycles. The number of rotatable bonds is 7. The Morgan fingerprint density at radius 1 is 0.963 bits per heavy atom. The molecule has 3 rings (SSSR count). The minimum absolute atomic E-state index is 0.127. The van der Waals surface area contributed by atoms with Crippen molar-refractivity contribution in [2.75, 3.05) is 16.4 Å². The van der Waals surface area contributed by atoms with Gasteiger partial charge in [0.05, 0.1) is 5.75 Å². The van der Waals surface area contributed by atoms with Gasteiger partial charge >= 0.3 is 0 Å². The van der Waals surface area contributed by atoms with Crippen molar-refractivity contribution in [2.24, 2.45) is 0 Å². The highest BCUT2D eigenvalue weighted by molar-refractivity contribution is 8.01. The Balaban J connectivity index is 1.46. The van der Waals surface area contributed by atoms with E-state index in [-0.39, 0.29) is 17.6 Å². The third-order valence-corrected chi connectivity index (χ3v) is 5.22. The quantitative estimate of drug-likeness (QED) is 0.359. The molecule has 136 valence electrons. The SMILES string of the molecule is O=C(/C=C/c1ccccc1)Nc1nnc(SCC(=O)Nc2ccccc2)s1. The lowest BCUT2D eigenvalue weighted by atomic mass is 10.2. The lowest BCUT2D eigenvalue weighted by Crippen LogP contribution is -2.13. The third kappa shape index (κ3) is 6.36. The molecule has 0 saturated carbocycles. The Morgan fingerprint density at radius 3 is 2.41 bits per heavy atom. The number of amides is 2. The Hall–Kier alpha value is -2.97. The van der Waals surface area contributed by atoms with Gasteiger partial charge in [-0.2, -0.15) is 0 Å². The molecule has 0 unspecified atom stereocenters. The number of anilines is 2. The van der Waals surface area contributed by atoms with Crippen LogP contribution in [0.25, 0.3) is 6.08 Å². The number of carbonyl (C=O) groups is 2. The summed E-state index contributed by atoms with van der Waals surface area (Å²) < 4.78 is 0.612. The van der Waals surface area contributed by atoms with E-state index in [1.165, 1.54) is 29.2 Å². The maximum Gasteiger partial charge on any atom is 0.250 e. The molecule has 0 aliphatic rings. The van der Waals surface area contributed by atoms with Gasteiger partial charge in [-0.15, -0.1) is 10.2 Å². The molecule has 3 aromatic rings. The molecule has 2 aromatic carbocycles. The number of benzene rings is 2. The standard InChI is InChI=1S/C19H16N4O2S2/c24-16(12-11-14-7-3-1-4-8-14)21-18-22-23-19(27-18)26-13-17(25)20-15-9-5-2-6-10-15/h1-12H,13H2,(H,20,25)(H,21,22,24)/b12-11+. The van der Waals surface area contributed by atoms with Crippen LogP contribution in [0.1, 0.15) is 5.56 Å². The molecule has 8 heteroatoms. The lowest BCUT2D eigenvalue weighted by molar-refractivity contribution is -0.114. The van der Waals surface area contributed by atoms with Crippen LogP contribution in [0, 0.1) is 0 Å². The highest BCUT2D eigenvalue weighted by Crippen LogP contribution is 2.25. The molecule has 2 amide bonds. The fourth-order valence-electron chi connectivity index (χ4n) is 2.05. The van der Waals surface area contributed by atoms with E-state index in [1.54, 1.807) is 6.08 Å². The highest BCUT2D eigenvalue weighted by atomic mass is 32.2. The zero-order valence-corrected chi connectivity index (χ0v) is 15.8. The summed E-state index contributed by atoms with van der Waals surface area (Å²) in [5.41, 5.74) is 1.68. The first-order valence-electron chi connectivity index (χ1n) is 8.04. The molecule has 0 aliphatic carbocycles. The van der Waals surface area contributed by atoms with Crippen molar-refractivity contribution < 1.29 is 9.59 Å². The molecule has 0 spiro atoms. The molecular weight excluding hydrogens is 380 g/mol. The summed E-state index contributed by atoms with van der Waals surface area (Å²) in [7, 11) is 0. The van der Waals surface area contributed by atoms with E-state index in [0.717, 1.165) is 11.3 Å². The summed E-state index contributed by atoms with van der Waals surface area (Å²) in [5.74, 6) is -0.197. The predicted molar refractivity (Wildman–Crippen MR) is 110 cm³/mol. The Labute approximate surface area is 164 Å². The van der Waals surface area contributed by atoms with Gasteiger partial charge in [-0.3, -0.25) is 14.9 Å². The number of nitrogens with one attached hydrogen (secondary N) is 2. The molecule has 1 aromatic heterocycles. The molecule has 0 bridgehead atoms. The molecule has 0 fully saturated rings. The van der Waals surface area contributed by atoms with E-state index in [0.29, 0.717) is 9.47 Å². The molecule has 0 aliphatic heterocycles. The molecular formula is C19H16N4O2S2. The third-order valence-electron chi connectivity index (χ3n) is 3.25. The van der Waals surface area contributed by atoms with Crippen LogP contribution >= 0.6 is 23.1 Å². The van der Waals surface area contributed by atoms with Gasteiger partial charge in [-0.25, -0.2) is 0 Å². The van der Waals surface area contributed by atoms with Crippen LogP contribution in [0.15, 0.2) is 71.1 Å². The summed E-state index contributed by atoms with van der Waals surface area (Å²) in [6, 6.07) is 18.8. The van der Waals surface area contributed by atoms with Crippen molar-refractivity contribution in [3.05, 3.63) is 72.3 Å². The maximum atomic E-state index is 11.9. The number of nitrogens with zero attached hydrogens (tertiary/aromatic N) is 2. The second-order valence-electron chi connectivity index (χ2n) is 5.31. The molecule has 6 nitrogen and oxygen atoms in total. The zero-order chi connectivity index (χ0) is 18.9. The van der Waals surface area contributed by atoms with Crippen molar-refractivity contribution in [3.63, 3.8) is 0 Å². The summed E-state index contributed by atoms with van der Waals surface area (Å²) in [5, 5.41) is 13.8. The van der Waals surface area contributed by atoms with Gasteiger partial charge < -0.3 is 5.32 Å². The monoisotopic (exact) mass is 396 g/mol. The highest BCUT2D eigenvalue weighted by Gasteiger charge is 2.09. The van der Waals surface area contributed by atoms with E-state index in [2.05, 4.69) is 20.8 Å². The van der Waals surface area contributed by atoms with Gasteiger partial charge in [0.1, 0.15) is 0 Å². The zero-order valence-electron chi connectivity index (χ0n) is 14.2. The largest absolute Gasteiger partial charge is 0.325 e. The fraction of sp³-hybridized carbons (Fsp3) is 0.0526. The van der Waals surface area contributed by atoms with Crippen LogP contribution in [-0.2, 0) is 9.59 Å². The average Bonchev–Trinajstić information content (AvgIpc) is 3.14. The van der Waals surface area contributed by atoms with Crippen molar-refractivity contribution in [3.8, 4) is 0 Å². The molecule has 0 radical (unpaired) electrons. The minimum atomic E-state index is -0.284. The number of para-hydroxylation sites is 1. The van der Waals surface area contributed by atoms with E-state index < -0.39 is 0 Å². The summed E-state index contributed by atoms with van der Waals surface area (Å²) in [4.78, 5) is 23.9. The van der Waals surface area contributed by atoms with Gasteiger partial charge in [0.25, 0.3) is 0 Å². The van der Waals surface area contributed by atoms with E-state index >= 15 is 0 Å². The topological polar surface area (TPSA) is 84.0 Å². The first-order valence-corrected chi connectivity index (χ1v) is 9.84. The van der Waals surface area contributed by atoms with Crippen LogP contribution in [-0.4, -0.2) is 27.8 Å². The first-order chi connectivity index (χ1) is 13.2. The minimum Gasteiger partial charge on any atom is -0.325 e. The van der Waals surface area contributed by atoms with E-state index in [4.69, 9.17) is 0 Å². The molecule has 27 heavy (non-hydrogen) atoms. The molecule has 0 atom stereocenters. The Bertz CT molecular complexity index is 927. The summed E-state index contributed by atoms with van der Waals surface area (Å²) in [6.45, 7) is 0. The maximum absolute atomic E-state index is 11.9. The van der Waals surface area contributed by atoms with Gasteiger partial charge in [0, 0.05) is 11.8 Å². The van der Waals surface area contributed by atoms with Gasteiger partial charge in [-0.05, 0) is 23.8 Å². The Kier molecular flexibility index (Phi) is 6.72. The van der Waals surface area contributed by atoms with Crippen LogP contribution in [0.5, 0.6) is 0 Å². The van der Waals surface area contributed by atoms with Gasteiger partial charge in [0.2, 0.25) is 16.9 Å². The number of thioether (sulfide) groups is 1. The van der Waals surface area contributed by atoms with Crippen LogP contribution in [0.3, 0.4) is 0 Å². The van der Waals surface area contributed by atoms with Gasteiger partial charge in [-0.1, -0.05) is 71.6 Å².